The number of imide groups is 1. The Bertz CT molecular complexity index is 980. The summed E-state index contributed by atoms with van der Waals surface area (Å²) in [6, 6.07) is 10.5. The van der Waals surface area contributed by atoms with Crippen molar-refractivity contribution >= 4 is 29.1 Å². The summed E-state index contributed by atoms with van der Waals surface area (Å²) in [4.78, 5) is 27.0. The van der Waals surface area contributed by atoms with Gasteiger partial charge in [-0.05, 0) is 23.8 Å². The first-order valence-electron chi connectivity index (χ1n) is 8.56. The average molecular weight is 401 g/mol. The second-order valence-corrected chi connectivity index (χ2v) is 6.74. The minimum absolute atomic E-state index is 0.281. The number of hydrogen-bond donors (Lipinski definition) is 0. The van der Waals surface area contributed by atoms with Gasteiger partial charge in [-0.3, -0.25) is 14.6 Å². The van der Waals surface area contributed by atoms with Crippen LogP contribution in [0, 0.1) is 0 Å². The number of nitrogens with zero attached hydrogens (tertiary/aromatic N) is 4. The van der Waals surface area contributed by atoms with Gasteiger partial charge in [0.25, 0.3) is 11.8 Å². The van der Waals surface area contributed by atoms with Crippen molar-refractivity contribution in [1.82, 2.24) is 5.01 Å². The quantitative estimate of drug-likeness (QED) is 0.720. The Hall–Kier alpha value is -3.13. The summed E-state index contributed by atoms with van der Waals surface area (Å²) >= 11 is 6.21. The van der Waals surface area contributed by atoms with E-state index in [1.165, 1.54) is 19.2 Å². The third-order valence-electron chi connectivity index (χ3n) is 4.77. The lowest BCUT2D eigenvalue weighted by Crippen LogP contribution is -2.39. The Labute approximate surface area is 166 Å². The molecule has 0 unspecified atom stereocenters. The van der Waals surface area contributed by atoms with E-state index in [4.69, 9.17) is 21.1 Å². The lowest BCUT2D eigenvalue weighted by molar-refractivity contribution is -0.123. The molecule has 0 bridgehead atoms. The molecule has 2 amide bonds. The summed E-state index contributed by atoms with van der Waals surface area (Å²) in [5.41, 5.74) is 1.20. The first-order chi connectivity index (χ1) is 13.5. The van der Waals surface area contributed by atoms with Gasteiger partial charge >= 0.3 is 0 Å². The van der Waals surface area contributed by atoms with Gasteiger partial charge in [-0.15, -0.1) is 0 Å². The van der Waals surface area contributed by atoms with Gasteiger partial charge in [0.05, 0.1) is 26.5 Å². The molecule has 0 spiro atoms. The fourth-order valence-electron chi connectivity index (χ4n) is 3.37. The highest BCUT2D eigenvalue weighted by molar-refractivity contribution is 6.31. The maximum atomic E-state index is 13.1. The lowest BCUT2D eigenvalue weighted by Gasteiger charge is -2.21. The van der Waals surface area contributed by atoms with Crippen LogP contribution >= 0.6 is 11.6 Å². The minimum Gasteiger partial charge on any atom is -0.493 e. The van der Waals surface area contributed by atoms with Crippen LogP contribution in [0.1, 0.15) is 5.56 Å². The van der Waals surface area contributed by atoms with Crippen LogP contribution in [0.5, 0.6) is 11.5 Å². The Balaban J connectivity index is 1.62. The van der Waals surface area contributed by atoms with Crippen molar-refractivity contribution in [3.8, 4) is 11.5 Å². The fourth-order valence-corrected chi connectivity index (χ4v) is 3.57. The molecule has 4 rings (SSSR count). The van der Waals surface area contributed by atoms with E-state index >= 15 is 0 Å². The van der Waals surface area contributed by atoms with Crippen LogP contribution in [0.3, 0.4) is 0 Å². The van der Waals surface area contributed by atoms with Gasteiger partial charge in [0.2, 0.25) is 0 Å². The van der Waals surface area contributed by atoms with Crippen LogP contribution < -0.4 is 14.4 Å². The summed E-state index contributed by atoms with van der Waals surface area (Å²) in [6.45, 7) is 0.281. The third kappa shape index (κ3) is 2.86. The first-order valence-corrected chi connectivity index (χ1v) is 8.93. The van der Waals surface area contributed by atoms with Crippen molar-refractivity contribution in [2.75, 3.05) is 19.1 Å². The molecule has 0 saturated carbocycles. The molecule has 28 heavy (non-hydrogen) atoms. The van der Waals surface area contributed by atoms with E-state index < -0.39 is 18.0 Å². The number of halogens is 1. The van der Waals surface area contributed by atoms with Gasteiger partial charge in [0.15, 0.2) is 23.6 Å². The maximum absolute atomic E-state index is 13.1. The van der Waals surface area contributed by atoms with E-state index in [0.29, 0.717) is 22.2 Å². The van der Waals surface area contributed by atoms with Crippen LogP contribution in [0.2, 0.25) is 5.02 Å². The van der Waals surface area contributed by atoms with Crippen LogP contribution in [-0.4, -0.2) is 43.1 Å². The monoisotopic (exact) mass is 400 g/mol. The highest BCUT2D eigenvalue weighted by Gasteiger charge is 2.54. The number of anilines is 1. The van der Waals surface area contributed by atoms with Crippen molar-refractivity contribution in [2.45, 2.75) is 18.6 Å². The molecule has 2 aromatic rings. The van der Waals surface area contributed by atoms with E-state index in [0.717, 1.165) is 10.5 Å². The number of carbonyl (C=O) groups excluding carboxylic acids is 2. The predicted molar refractivity (Wildman–Crippen MR) is 101 cm³/mol. The Morgan fingerprint density at radius 3 is 2.50 bits per heavy atom. The zero-order valence-electron chi connectivity index (χ0n) is 15.2. The molecule has 2 heterocycles. The molecule has 0 aliphatic carbocycles. The third-order valence-corrected chi connectivity index (χ3v) is 5.14. The number of carbonyl (C=O) groups is 2. The minimum atomic E-state index is -0.872. The van der Waals surface area contributed by atoms with Gasteiger partial charge in [-0.1, -0.05) is 35.0 Å². The highest BCUT2D eigenvalue weighted by atomic mass is 35.5. The second kappa shape index (κ2) is 7.12. The Morgan fingerprint density at radius 1 is 1.04 bits per heavy atom. The molecule has 2 aliphatic heterocycles. The van der Waals surface area contributed by atoms with Crippen LogP contribution in [-0.2, 0) is 16.1 Å². The number of benzene rings is 2. The number of fused-ring (bicyclic) bond motifs is 1. The SMILES string of the molecule is COc1ccc(N2C(=O)[C@@H]3N=NN(Cc4ccccc4Cl)[C@H]3C2=O)cc1OC. The second-order valence-electron chi connectivity index (χ2n) is 6.33. The molecular weight excluding hydrogens is 384 g/mol. The molecule has 8 nitrogen and oxygen atoms in total. The number of amides is 2. The van der Waals surface area contributed by atoms with Crippen molar-refractivity contribution in [2.24, 2.45) is 10.3 Å². The summed E-state index contributed by atoms with van der Waals surface area (Å²) < 4.78 is 10.5. The molecule has 0 N–H and O–H groups in total. The number of ether oxygens (including phenoxy) is 2. The van der Waals surface area contributed by atoms with Crippen molar-refractivity contribution in [1.29, 1.82) is 0 Å². The number of rotatable bonds is 5. The molecule has 0 aromatic heterocycles. The van der Waals surface area contributed by atoms with Gasteiger partial charge in [-0.25, -0.2) is 4.90 Å². The Kier molecular flexibility index (Phi) is 4.64. The van der Waals surface area contributed by atoms with E-state index in [1.54, 1.807) is 24.3 Å². The number of hydrogen-bond acceptors (Lipinski definition) is 7. The van der Waals surface area contributed by atoms with E-state index in [-0.39, 0.29) is 12.5 Å². The van der Waals surface area contributed by atoms with Crippen LogP contribution in [0.25, 0.3) is 0 Å². The zero-order chi connectivity index (χ0) is 19.8. The summed E-state index contributed by atoms with van der Waals surface area (Å²) in [6.07, 6.45) is 0. The largest absolute Gasteiger partial charge is 0.493 e. The first kappa shape index (κ1) is 18.2. The molecule has 2 atom stereocenters. The van der Waals surface area contributed by atoms with Crippen LogP contribution in [0.15, 0.2) is 52.8 Å². The highest BCUT2D eigenvalue weighted by Crippen LogP contribution is 2.37. The van der Waals surface area contributed by atoms with Crippen molar-refractivity contribution in [3.63, 3.8) is 0 Å². The van der Waals surface area contributed by atoms with E-state index in [9.17, 15) is 9.59 Å². The van der Waals surface area contributed by atoms with Crippen molar-refractivity contribution in [3.05, 3.63) is 53.1 Å². The lowest BCUT2D eigenvalue weighted by atomic mass is 10.1. The van der Waals surface area contributed by atoms with E-state index in [1.807, 2.05) is 18.2 Å². The average Bonchev–Trinajstić information content (AvgIpc) is 3.23. The molecule has 2 aliphatic rings. The van der Waals surface area contributed by atoms with Gasteiger partial charge in [0.1, 0.15) is 0 Å². The van der Waals surface area contributed by atoms with Gasteiger partial charge in [-0.2, -0.15) is 5.11 Å². The van der Waals surface area contributed by atoms with E-state index in [2.05, 4.69) is 10.3 Å². The van der Waals surface area contributed by atoms with Gasteiger partial charge in [0, 0.05) is 11.1 Å². The molecule has 1 saturated heterocycles. The maximum Gasteiger partial charge on any atom is 0.263 e. The molecule has 1 fully saturated rings. The topological polar surface area (TPSA) is 83.8 Å². The molecule has 144 valence electrons. The summed E-state index contributed by atoms with van der Waals surface area (Å²) in [5.74, 6) is 0.115. The summed E-state index contributed by atoms with van der Waals surface area (Å²) in [5, 5.41) is 10.1. The van der Waals surface area contributed by atoms with Gasteiger partial charge < -0.3 is 9.47 Å². The smallest absolute Gasteiger partial charge is 0.263 e. The Morgan fingerprint density at radius 2 is 1.79 bits per heavy atom. The predicted octanol–water partition coefficient (Wildman–Crippen LogP) is 2.85. The normalized spacial score (nSPS) is 20.7. The number of methoxy groups -OCH3 is 2. The molecule has 2 aromatic carbocycles. The molecular formula is C19H17ClN4O4. The zero-order valence-corrected chi connectivity index (χ0v) is 16.0. The molecule has 0 radical (unpaired) electrons. The van der Waals surface area contributed by atoms with Crippen molar-refractivity contribution < 1.29 is 19.1 Å². The fraction of sp³-hybridized carbons (Fsp3) is 0.263. The standard InChI is InChI=1S/C19H17ClN4O4/c1-27-14-8-7-12(9-15(14)28-2)24-18(25)16-17(19(24)26)23(22-21-16)10-11-5-3-4-6-13(11)20/h3-9,16-17H,10H2,1-2H3/t16-,17-/m1/s1. The molecule has 9 heteroatoms. The van der Waals surface area contributed by atoms with Crippen LogP contribution in [0.4, 0.5) is 5.69 Å². The summed E-state index contributed by atoms with van der Waals surface area (Å²) in [7, 11) is 3.00.